The Labute approximate surface area is 130 Å². The number of methoxy groups -OCH3 is 1. The summed E-state index contributed by atoms with van der Waals surface area (Å²) >= 11 is 0. The molecule has 0 fully saturated rings. The average Bonchev–Trinajstić information content (AvgIpc) is 2.53. The van der Waals surface area contributed by atoms with Crippen molar-refractivity contribution < 1.29 is 9.66 Å². The molecule has 0 spiro atoms. The molecule has 116 valence electrons. The van der Waals surface area contributed by atoms with Crippen molar-refractivity contribution in [2.24, 2.45) is 0 Å². The first-order valence-corrected chi connectivity index (χ1v) is 7.34. The van der Waals surface area contributed by atoms with Gasteiger partial charge in [0.05, 0.1) is 13.0 Å². The van der Waals surface area contributed by atoms with E-state index in [4.69, 9.17) is 4.74 Å². The van der Waals surface area contributed by atoms with E-state index in [0.717, 1.165) is 22.4 Å². The smallest absolute Gasteiger partial charge is 0.217 e. The third kappa shape index (κ3) is 3.85. The Morgan fingerprint density at radius 2 is 1.68 bits per heavy atom. The maximum Gasteiger partial charge on any atom is 0.217 e. The predicted octanol–water partition coefficient (Wildman–Crippen LogP) is 4.00. The standard InChI is InChI=1S/C18H21NO3/c1-13-4-8-16(9-5-13)18(14(2)19(20)21)12-15-6-10-17(22-3)11-7-15/h4-11,14,18H,12H2,1-3H3. The fraction of sp³-hybridized carbons (Fsp3) is 0.333. The number of hydrogen-bond acceptors (Lipinski definition) is 3. The molecule has 0 bridgehead atoms. The fourth-order valence-corrected chi connectivity index (χ4v) is 2.54. The van der Waals surface area contributed by atoms with Crippen LogP contribution in [0.2, 0.25) is 0 Å². The van der Waals surface area contributed by atoms with Crippen LogP contribution in [0.4, 0.5) is 0 Å². The summed E-state index contributed by atoms with van der Waals surface area (Å²) in [5.41, 5.74) is 3.23. The Hall–Kier alpha value is -2.36. The van der Waals surface area contributed by atoms with E-state index >= 15 is 0 Å². The third-order valence-corrected chi connectivity index (χ3v) is 4.04. The predicted molar refractivity (Wildman–Crippen MR) is 87.1 cm³/mol. The minimum absolute atomic E-state index is 0.149. The molecule has 4 heteroatoms. The number of benzene rings is 2. The van der Waals surface area contributed by atoms with Crippen LogP contribution in [0, 0.1) is 17.0 Å². The van der Waals surface area contributed by atoms with Gasteiger partial charge in [-0.15, -0.1) is 0 Å². The van der Waals surface area contributed by atoms with Gasteiger partial charge in [-0.25, -0.2) is 0 Å². The number of rotatable bonds is 6. The molecule has 0 aliphatic rings. The first-order chi connectivity index (χ1) is 10.5. The van der Waals surface area contributed by atoms with Crippen LogP contribution in [-0.2, 0) is 6.42 Å². The minimum Gasteiger partial charge on any atom is -0.497 e. The Morgan fingerprint density at radius 1 is 1.09 bits per heavy atom. The van der Waals surface area contributed by atoms with Crippen molar-refractivity contribution >= 4 is 0 Å². The molecule has 0 N–H and O–H groups in total. The van der Waals surface area contributed by atoms with Gasteiger partial charge >= 0.3 is 0 Å². The highest BCUT2D eigenvalue weighted by molar-refractivity contribution is 5.31. The van der Waals surface area contributed by atoms with Crippen LogP contribution in [0.1, 0.15) is 29.5 Å². The number of nitro groups is 1. The molecule has 2 aromatic carbocycles. The highest BCUT2D eigenvalue weighted by Crippen LogP contribution is 2.27. The number of aryl methyl sites for hydroxylation is 1. The molecule has 2 aromatic rings. The van der Waals surface area contributed by atoms with Crippen molar-refractivity contribution in [3.05, 3.63) is 75.3 Å². The molecule has 4 nitrogen and oxygen atoms in total. The Morgan fingerprint density at radius 3 is 2.18 bits per heavy atom. The lowest BCUT2D eigenvalue weighted by atomic mass is 9.86. The molecule has 0 saturated carbocycles. The van der Waals surface area contributed by atoms with Gasteiger partial charge in [0.15, 0.2) is 0 Å². The highest BCUT2D eigenvalue weighted by atomic mass is 16.6. The van der Waals surface area contributed by atoms with Crippen molar-refractivity contribution in [2.75, 3.05) is 7.11 Å². The van der Waals surface area contributed by atoms with E-state index in [-0.39, 0.29) is 10.8 Å². The summed E-state index contributed by atoms with van der Waals surface area (Å²) in [7, 11) is 1.62. The monoisotopic (exact) mass is 299 g/mol. The van der Waals surface area contributed by atoms with Gasteiger partial charge < -0.3 is 4.74 Å². The summed E-state index contributed by atoms with van der Waals surface area (Å²) in [6.45, 7) is 3.69. The van der Waals surface area contributed by atoms with Gasteiger partial charge in [0.1, 0.15) is 5.75 Å². The van der Waals surface area contributed by atoms with Crippen molar-refractivity contribution in [3.63, 3.8) is 0 Å². The quantitative estimate of drug-likeness (QED) is 0.598. The van der Waals surface area contributed by atoms with Gasteiger partial charge in [-0.3, -0.25) is 10.1 Å². The molecular weight excluding hydrogens is 278 g/mol. The van der Waals surface area contributed by atoms with Crippen LogP contribution in [0.25, 0.3) is 0 Å². The first-order valence-electron chi connectivity index (χ1n) is 7.34. The lowest BCUT2D eigenvalue weighted by Crippen LogP contribution is -2.26. The SMILES string of the molecule is COc1ccc(CC(c2ccc(C)cc2)C(C)[N+](=O)[O-])cc1. The van der Waals surface area contributed by atoms with E-state index < -0.39 is 6.04 Å². The number of nitrogens with zero attached hydrogens (tertiary/aromatic N) is 1. The summed E-state index contributed by atoms with van der Waals surface area (Å²) in [6, 6.07) is 15.1. The van der Waals surface area contributed by atoms with Crippen LogP contribution in [0.3, 0.4) is 0 Å². The molecule has 0 radical (unpaired) electrons. The van der Waals surface area contributed by atoms with E-state index in [1.165, 1.54) is 0 Å². The molecule has 0 aliphatic carbocycles. The van der Waals surface area contributed by atoms with Crippen molar-refractivity contribution in [3.8, 4) is 5.75 Å². The Kier molecular flexibility index (Phi) is 5.15. The third-order valence-electron chi connectivity index (χ3n) is 4.04. The van der Waals surface area contributed by atoms with Crippen molar-refractivity contribution in [2.45, 2.75) is 32.2 Å². The summed E-state index contributed by atoms with van der Waals surface area (Å²) < 4.78 is 5.15. The lowest BCUT2D eigenvalue weighted by molar-refractivity contribution is -0.522. The molecule has 2 rings (SSSR count). The molecular formula is C18H21NO3. The van der Waals surface area contributed by atoms with Crippen LogP contribution in [0.15, 0.2) is 48.5 Å². The van der Waals surface area contributed by atoms with Gasteiger partial charge in [-0.1, -0.05) is 42.0 Å². The van der Waals surface area contributed by atoms with E-state index in [2.05, 4.69) is 0 Å². The topological polar surface area (TPSA) is 52.4 Å². The molecule has 0 aromatic heterocycles. The Bertz CT molecular complexity index is 620. The molecule has 0 aliphatic heterocycles. The molecule has 0 saturated heterocycles. The fourth-order valence-electron chi connectivity index (χ4n) is 2.54. The van der Waals surface area contributed by atoms with E-state index in [1.807, 2.05) is 55.5 Å². The largest absolute Gasteiger partial charge is 0.497 e. The molecule has 2 atom stereocenters. The zero-order valence-electron chi connectivity index (χ0n) is 13.2. The summed E-state index contributed by atoms with van der Waals surface area (Å²) in [5.74, 6) is 0.641. The van der Waals surface area contributed by atoms with Gasteiger partial charge in [0, 0.05) is 11.8 Å². The van der Waals surface area contributed by atoms with E-state index in [0.29, 0.717) is 6.42 Å². The molecule has 0 heterocycles. The van der Waals surface area contributed by atoms with Crippen molar-refractivity contribution in [1.29, 1.82) is 0 Å². The van der Waals surface area contributed by atoms with Crippen LogP contribution >= 0.6 is 0 Å². The summed E-state index contributed by atoms with van der Waals surface area (Å²) in [6.07, 6.45) is 0.634. The first kappa shape index (κ1) is 16.0. The summed E-state index contributed by atoms with van der Waals surface area (Å²) in [4.78, 5) is 11.1. The molecule has 2 unspecified atom stereocenters. The second-order valence-corrected chi connectivity index (χ2v) is 5.60. The molecule has 0 amide bonds. The van der Waals surface area contributed by atoms with Crippen LogP contribution in [0.5, 0.6) is 5.75 Å². The maximum atomic E-state index is 11.3. The van der Waals surface area contributed by atoms with Gasteiger partial charge in [0.2, 0.25) is 6.04 Å². The van der Waals surface area contributed by atoms with Gasteiger partial charge in [-0.05, 0) is 36.6 Å². The lowest BCUT2D eigenvalue weighted by Gasteiger charge is -2.19. The zero-order chi connectivity index (χ0) is 16.1. The number of hydrogen-bond donors (Lipinski definition) is 0. The van der Waals surface area contributed by atoms with Crippen LogP contribution < -0.4 is 4.74 Å². The van der Waals surface area contributed by atoms with E-state index in [1.54, 1.807) is 14.0 Å². The van der Waals surface area contributed by atoms with Gasteiger partial charge in [-0.2, -0.15) is 0 Å². The zero-order valence-corrected chi connectivity index (χ0v) is 13.2. The molecule has 22 heavy (non-hydrogen) atoms. The Balaban J connectivity index is 2.27. The second-order valence-electron chi connectivity index (χ2n) is 5.60. The normalized spacial score (nSPS) is 13.4. The summed E-state index contributed by atoms with van der Waals surface area (Å²) in [5, 5.41) is 11.3. The maximum absolute atomic E-state index is 11.3. The van der Waals surface area contributed by atoms with Gasteiger partial charge in [0.25, 0.3) is 0 Å². The second kappa shape index (κ2) is 7.07. The number of ether oxygens (including phenoxy) is 1. The highest BCUT2D eigenvalue weighted by Gasteiger charge is 2.28. The minimum atomic E-state index is -0.634. The van der Waals surface area contributed by atoms with Crippen LogP contribution in [-0.4, -0.2) is 18.1 Å². The average molecular weight is 299 g/mol. The van der Waals surface area contributed by atoms with E-state index in [9.17, 15) is 10.1 Å². The van der Waals surface area contributed by atoms with Crippen molar-refractivity contribution in [1.82, 2.24) is 0 Å².